The van der Waals surface area contributed by atoms with Crippen LogP contribution in [0.5, 0.6) is 0 Å². The Kier molecular flexibility index (Phi) is 4.22. The third-order valence-corrected chi connectivity index (χ3v) is 3.74. The molecule has 0 aromatic carbocycles. The molecule has 1 amide bonds. The second-order valence-electron chi connectivity index (χ2n) is 5.03. The molecule has 0 radical (unpaired) electrons. The maximum absolute atomic E-state index is 11.4. The highest BCUT2D eigenvalue weighted by Gasteiger charge is 2.40. The molecule has 1 saturated heterocycles. The van der Waals surface area contributed by atoms with Gasteiger partial charge in [0.05, 0.1) is 24.9 Å². The number of carbonyl (C=O) groups is 2. The average molecular weight is 332 g/mol. The summed E-state index contributed by atoms with van der Waals surface area (Å²) in [7, 11) is 0. The highest BCUT2D eigenvalue weighted by Crippen LogP contribution is 2.35. The molecule has 3 atom stereocenters. The first-order chi connectivity index (χ1) is 11.7. The molecule has 1 aliphatic rings. The summed E-state index contributed by atoms with van der Waals surface area (Å²) in [5.41, 5.74) is 9.17. The van der Waals surface area contributed by atoms with E-state index in [1.165, 1.54) is 12.7 Å². The molecule has 0 aliphatic carbocycles. The zero-order chi connectivity index (χ0) is 17.1. The first kappa shape index (κ1) is 15.6. The molecule has 124 valence electrons. The van der Waals surface area contributed by atoms with Crippen molar-refractivity contribution in [2.45, 2.75) is 18.8 Å². The Morgan fingerprint density at radius 1 is 1.58 bits per heavy atom. The van der Waals surface area contributed by atoms with Crippen molar-refractivity contribution in [2.24, 2.45) is 11.0 Å². The van der Waals surface area contributed by atoms with E-state index in [1.54, 1.807) is 4.57 Å². The largest absolute Gasteiger partial charge is 0.481 e. The Morgan fingerprint density at radius 3 is 3.12 bits per heavy atom. The van der Waals surface area contributed by atoms with Gasteiger partial charge < -0.3 is 15.2 Å². The van der Waals surface area contributed by atoms with Crippen molar-refractivity contribution in [3.8, 4) is 0 Å². The van der Waals surface area contributed by atoms with Crippen molar-refractivity contribution < 1.29 is 19.4 Å². The highest BCUT2D eigenvalue weighted by atomic mass is 16.5. The Labute approximate surface area is 134 Å². The topological polar surface area (TPSA) is 168 Å². The minimum atomic E-state index is -1.03. The number of carboxylic acid groups (broad SMARTS) is 1. The maximum atomic E-state index is 11.4. The number of amides is 1. The van der Waals surface area contributed by atoms with Crippen LogP contribution in [-0.4, -0.2) is 49.7 Å². The van der Waals surface area contributed by atoms with E-state index in [-0.39, 0.29) is 18.8 Å². The van der Waals surface area contributed by atoms with Crippen molar-refractivity contribution in [1.82, 2.24) is 19.5 Å². The van der Waals surface area contributed by atoms with Crippen molar-refractivity contribution in [3.05, 3.63) is 23.1 Å². The molecule has 3 rings (SSSR count). The average Bonchev–Trinajstić information content (AvgIpc) is 3.17. The molecule has 1 fully saturated rings. The van der Waals surface area contributed by atoms with E-state index in [9.17, 15) is 14.7 Å². The Bertz CT molecular complexity index is 830. The van der Waals surface area contributed by atoms with Gasteiger partial charge in [0.2, 0.25) is 6.41 Å². The quantitative estimate of drug-likeness (QED) is 0.339. The lowest BCUT2D eigenvalue weighted by Crippen LogP contribution is -2.26. The SMILES string of the molecule is [N-]=[N+]=NCC1OC(n2cnc3c(NC=O)ncnc32)CC1C(=O)O. The van der Waals surface area contributed by atoms with Gasteiger partial charge in [-0.1, -0.05) is 5.11 Å². The Balaban J connectivity index is 1.93. The summed E-state index contributed by atoms with van der Waals surface area (Å²) in [4.78, 5) is 36.8. The van der Waals surface area contributed by atoms with E-state index in [0.29, 0.717) is 17.6 Å². The number of anilines is 1. The summed E-state index contributed by atoms with van der Waals surface area (Å²) in [6, 6.07) is 0. The number of hydrogen-bond donors (Lipinski definition) is 2. The van der Waals surface area contributed by atoms with Crippen molar-refractivity contribution in [3.63, 3.8) is 0 Å². The summed E-state index contributed by atoms with van der Waals surface area (Å²) in [5, 5.41) is 15.1. The maximum Gasteiger partial charge on any atom is 0.309 e. The summed E-state index contributed by atoms with van der Waals surface area (Å²) < 4.78 is 7.29. The van der Waals surface area contributed by atoms with Crippen LogP contribution in [0.1, 0.15) is 12.6 Å². The molecular weight excluding hydrogens is 320 g/mol. The number of aliphatic carboxylic acids is 1. The number of aromatic nitrogens is 4. The summed E-state index contributed by atoms with van der Waals surface area (Å²) in [5.74, 6) is -1.60. The van der Waals surface area contributed by atoms with E-state index in [0.717, 1.165) is 0 Å². The third kappa shape index (κ3) is 2.71. The molecule has 2 aromatic heterocycles. The van der Waals surface area contributed by atoms with Gasteiger partial charge in [-0.15, -0.1) is 0 Å². The van der Waals surface area contributed by atoms with Crippen LogP contribution < -0.4 is 5.32 Å². The molecule has 0 saturated carbocycles. The van der Waals surface area contributed by atoms with Crippen molar-refractivity contribution in [2.75, 3.05) is 11.9 Å². The minimum absolute atomic E-state index is 0.0798. The lowest BCUT2D eigenvalue weighted by molar-refractivity contribution is -0.143. The zero-order valence-corrected chi connectivity index (χ0v) is 12.2. The first-order valence-electron chi connectivity index (χ1n) is 6.92. The van der Waals surface area contributed by atoms with Crippen LogP contribution in [0.4, 0.5) is 5.82 Å². The van der Waals surface area contributed by atoms with Crippen LogP contribution >= 0.6 is 0 Å². The van der Waals surface area contributed by atoms with Crippen molar-refractivity contribution >= 4 is 29.4 Å². The van der Waals surface area contributed by atoms with E-state index in [4.69, 9.17) is 10.3 Å². The molecule has 0 spiro atoms. The fourth-order valence-corrected chi connectivity index (χ4v) is 2.67. The first-order valence-corrected chi connectivity index (χ1v) is 6.92. The molecule has 3 heterocycles. The number of fused-ring (bicyclic) bond motifs is 1. The van der Waals surface area contributed by atoms with Crippen LogP contribution in [0.2, 0.25) is 0 Å². The molecule has 24 heavy (non-hydrogen) atoms. The number of hydrogen-bond acceptors (Lipinski definition) is 7. The Morgan fingerprint density at radius 2 is 2.42 bits per heavy atom. The van der Waals surface area contributed by atoms with Gasteiger partial charge in [0.15, 0.2) is 17.0 Å². The van der Waals surface area contributed by atoms with Crippen LogP contribution in [-0.2, 0) is 14.3 Å². The zero-order valence-electron chi connectivity index (χ0n) is 12.2. The van der Waals surface area contributed by atoms with Gasteiger partial charge in [-0.3, -0.25) is 14.2 Å². The minimum Gasteiger partial charge on any atom is -0.481 e. The smallest absolute Gasteiger partial charge is 0.309 e. The van der Waals surface area contributed by atoms with Gasteiger partial charge in [-0.25, -0.2) is 15.0 Å². The van der Waals surface area contributed by atoms with Crippen LogP contribution in [0.25, 0.3) is 21.6 Å². The monoisotopic (exact) mass is 332 g/mol. The summed E-state index contributed by atoms with van der Waals surface area (Å²) in [6.45, 7) is -0.0798. The predicted octanol–water partition coefficient (Wildman–Crippen LogP) is 0.693. The molecule has 12 heteroatoms. The van der Waals surface area contributed by atoms with E-state index >= 15 is 0 Å². The number of azide groups is 1. The van der Waals surface area contributed by atoms with E-state index in [1.807, 2.05) is 0 Å². The number of rotatable bonds is 6. The van der Waals surface area contributed by atoms with Crippen LogP contribution in [0.15, 0.2) is 17.8 Å². The summed E-state index contributed by atoms with van der Waals surface area (Å²) in [6.07, 6.45) is 1.97. The van der Waals surface area contributed by atoms with Crippen LogP contribution in [0, 0.1) is 5.92 Å². The number of ether oxygens (including phenoxy) is 1. The summed E-state index contributed by atoms with van der Waals surface area (Å²) >= 11 is 0. The molecule has 2 N–H and O–H groups in total. The van der Waals surface area contributed by atoms with Crippen molar-refractivity contribution in [1.29, 1.82) is 0 Å². The fourth-order valence-electron chi connectivity index (χ4n) is 2.67. The number of nitrogens with zero attached hydrogens (tertiary/aromatic N) is 7. The number of nitrogens with one attached hydrogen (secondary N) is 1. The molecule has 1 aliphatic heterocycles. The number of carboxylic acids is 1. The molecule has 0 bridgehead atoms. The third-order valence-electron chi connectivity index (χ3n) is 3.74. The molecule has 12 nitrogen and oxygen atoms in total. The normalized spacial score (nSPS) is 22.9. The molecular formula is C12H12N8O4. The van der Waals surface area contributed by atoms with Gasteiger partial charge in [0.1, 0.15) is 12.6 Å². The molecule has 3 unspecified atom stereocenters. The second-order valence-corrected chi connectivity index (χ2v) is 5.03. The van der Waals surface area contributed by atoms with E-state index < -0.39 is 24.2 Å². The van der Waals surface area contributed by atoms with Gasteiger partial charge in [-0.2, -0.15) is 0 Å². The van der Waals surface area contributed by atoms with Gasteiger partial charge in [-0.05, 0) is 5.53 Å². The molecule has 2 aromatic rings. The lowest BCUT2D eigenvalue weighted by Gasteiger charge is -2.14. The predicted molar refractivity (Wildman–Crippen MR) is 78.7 cm³/mol. The van der Waals surface area contributed by atoms with Gasteiger partial charge >= 0.3 is 5.97 Å². The second kappa shape index (κ2) is 6.48. The van der Waals surface area contributed by atoms with Gasteiger partial charge in [0.25, 0.3) is 0 Å². The standard InChI is InChI=1S/C12H12N8O4/c13-19-18-2-7-6(12(22)23)1-8(24-7)20-4-16-9-10(17-5-21)14-3-15-11(9)20/h3-8H,1-2H2,(H,22,23)(H,14,15,17,21). The van der Waals surface area contributed by atoms with E-state index in [2.05, 4.69) is 30.3 Å². The van der Waals surface area contributed by atoms with Gasteiger partial charge in [0, 0.05) is 11.3 Å². The number of imidazole rings is 1. The fraction of sp³-hybridized carbons (Fsp3) is 0.417. The Hall–Kier alpha value is -3.24. The number of carbonyl (C=O) groups excluding carboxylic acids is 1. The van der Waals surface area contributed by atoms with Crippen LogP contribution in [0.3, 0.4) is 0 Å². The highest BCUT2D eigenvalue weighted by molar-refractivity contribution is 5.88. The lowest BCUT2D eigenvalue weighted by atomic mass is 10.0.